The molecule has 170 valence electrons. The predicted octanol–water partition coefficient (Wildman–Crippen LogP) is 10.1. The molecule has 0 radical (unpaired) electrons. The lowest BCUT2D eigenvalue weighted by molar-refractivity contribution is 1.28. The molecule has 7 aromatic carbocycles. The number of hydrogen-bond donors (Lipinski definition) is 0. The van der Waals surface area contributed by atoms with Gasteiger partial charge in [-0.25, -0.2) is 0 Å². The van der Waals surface area contributed by atoms with Crippen molar-refractivity contribution < 1.29 is 0 Å². The van der Waals surface area contributed by atoms with Crippen molar-refractivity contribution in [1.82, 2.24) is 0 Å². The first-order chi connectivity index (χ1) is 17.7. The van der Waals surface area contributed by atoms with E-state index in [1.165, 1.54) is 48.7 Å². The van der Waals surface area contributed by atoms with E-state index in [0.717, 1.165) is 17.1 Å². The molecule has 0 unspecified atom stereocenters. The summed E-state index contributed by atoms with van der Waals surface area (Å²) in [4.78, 5) is 2.38. The van der Waals surface area contributed by atoms with Gasteiger partial charge in [-0.1, -0.05) is 97.1 Å². The molecule has 1 nitrogen and oxygen atoms in total. The van der Waals surface area contributed by atoms with E-state index in [9.17, 15) is 0 Å². The molecule has 0 bridgehead atoms. The number of nitrogens with zero attached hydrogens (tertiary/aromatic N) is 1. The van der Waals surface area contributed by atoms with E-state index in [0.29, 0.717) is 0 Å². The third kappa shape index (κ3) is 3.40. The average Bonchev–Trinajstić information content (AvgIpc) is 2.93. The quantitative estimate of drug-likeness (QED) is 0.238. The molecule has 0 N–H and O–H groups in total. The van der Waals surface area contributed by atoms with Gasteiger partial charge in [0.1, 0.15) is 0 Å². The van der Waals surface area contributed by atoms with Crippen LogP contribution >= 0.6 is 0 Å². The van der Waals surface area contributed by atoms with Gasteiger partial charge < -0.3 is 4.90 Å². The van der Waals surface area contributed by atoms with Crippen LogP contribution in [0.3, 0.4) is 0 Å². The topological polar surface area (TPSA) is 3.24 Å². The molecular formula is C35H25N. The summed E-state index contributed by atoms with van der Waals surface area (Å²) >= 11 is 0. The molecule has 36 heavy (non-hydrogen) atoms. The molecule has 0 atom stereocenters. The molecular weight excluding hydrogens is 434 g/mol. The summed E-state index contributed by atoms with van der Waals surface area (Å²) in [5.74, 6) is 0. The summed E-state index contributed by atoms with van der Waals surface area (Å²) in [5, 5.41) is 10.2. The molecule has 0 spiro atoms. The Balaban J connectivity index is 1.47. The Kier molecular flexibility index (Phi) is 4.75. The minimum atomic E-state index is 1.16. The van der Waals surface area contributed by atoms with Crippen molar-refractivity contribution in [3.63, 3.8) is 0 Å². The van der Waals surface area contributed by atoms with Gasteiger partial charge in [-0.05, 0) is 92.0 Å². The molecule has 0 aliphatic rings. The lowest BCUT2D eigenvalue weighted by Crippen LogP contribution is -2.10. The van der Waals surface area contributed by atoms with E-state index >= 15 is 0 Å². The lowest BCUT2D eigenvalue weighted by Gasteiger charge is -2.27. The van der Waals surface area contributed by atoms with E-state index in [2.05, 4.69) is 145 Å². The van der Waals surface area contributed by atoms with E-state index in [1.54, 1.807) is 0 Å². The molecule has 0 aliphatic carbocycles. The number of hydrogen-bond acceptors (Lipinski definition) is 1. The maximum Gasteiger partial charge on any atom is 0.0468 e. The van der Waals surface area contributed by atoms with Gasteiger partial charge in [0, 0.05) is 17.1 Å². The van der Waals surface area contributed by atoms with Gasteiger partial charge in [0.2, 0.25) is 0 Å². The van der Waals surface area contributed by atoms with Gasteiger partial charge in [-0.3, -0.25) is 0 Å². The van der Waals surface area contributed by atoms with Crippen LogP contribution in [0.15, 0.2) is 133 Å². The van der Waals surface area contributed by atoms with Crippen LogP contribution in [-0.2, 0) is 0 Å². The molecule has 0 aliphatic heterocycles. The second-order valence-electron chi connectivity index (χ2n) is 9.56. The molecule has 0 saturated carbocycles. The molecule has 7 rings (SSSR count). The number of fused-ring (bicyclic) bond motifs is 6. The number of rotatable bonds is 3. The van der Waals surface area contributed by atoms with Gasteiger partial charge >= 0.3 is 0 Å². The van der Waals surface area contributed by atoms with Crippen molar-refractivity contribution in [1.29, 1.82) is 0 Å². The Morgan fingerprint density at radius 3 is 1.64 bits per heavy atom. The molecule has 1 heteroatoms. The van der Waals surface area contributed by atoms with Crippen molar-refractivity contribution >= 4 is 60.2 Å². The highest BCUT2D eigenvalue weighted by Gasteiger charge is 2.15. The zero-order valence-electron chi connectivity index (χ0n) is 20.1. The Hall–Kier alpha value is -4.62. The van der Waals surface area contributed by atoms with Crippen LogP contribution in [0.1, 0.15) is 5.56 Å². The fraction of sp³-hybridized carbons (Fsp3) is 0.0286. The van der Waals surface area contributed by atoms with Crippen molar-refractivity contribution in [3.05, 3.63) is 139 Å². The largest absolute Gasteiger partial charge is 0.310 e. The third-order valence-electron chi connectivity index (χ3n) is 7.24. The molecule has 0 saturated heterocycles. The normalized spacial score (nSPS) is 11.5. The highest BCUT2D eigenvalue weighted by atomic mass is 15.1. The zero-order valence-corrected chi connectivity index (χ0v) is 20.1. The van der Waals surface area contributed by atoms with E-state index in [-0.39, 0.29) is 0 Å². The molecule has 0 aromatic heterocycles. The van der Waals surface area contributed by atoms with Gasteiger partial charge in [-0.2, -0.15) is 0 Å². The van der Waals surface area contributed by atoms with Crippen LogP contribution < -0.4 is 4.90 Å². The van der Waals surface area contributed by atoms with Crippen LogP contribution in [0, 0.1) is 6.92 Å². The third-order valence-corrected chi connectivity index (χ3v) is 7.24. The summed E-state index contributed by atoms with van der Waals surface area (Å²) < 4.78 is 0. The summed E-state index contributed by atoms with van der Waals surface area (Å²) in [6.45, 7) is 2.15. The van der Waals surface area contributed by atoms with E-state index in [4.69, 9.17) is 0 Å². The number of aryl methyl sites for hydroxylation is 1. The fourth-order valence-electron chi connectivity index (χ4n) is 5.48. The van der Waals surface area contributed by atoms with Crippen LogP contribution in [-0.4, -0.2) is 0 Å². The smallest absolute Gasteiger partial charge is 0.0468 e. The molecule has 0 fully saturated rings. The van der Waals surface area contributed by atoms with Crippen LogP contribution in [0.25, 0.3) is 43.1 Å². The first-order valence-electron chi connectivity index (χ1n) is 12.4. The van der Waals surface area contributed by atoms with Gasteiger partial charge in [0.05, 0.1) is 0 Å². The minimum Gasteiger partial charge on any atom is -0.310 e. The van der Waals surface area contributed by atoms with Crippen molar-refractivity contribution in [2.45, 2.75) is 6.92 Å². The predicted molar refractivity (Wildman–Crippen MR) is 156 cm³/mol. The lowest BCUT2D eigenvalue weighted by atomic mass is 9.99. The Labute approximate surface area is 210 Å². The SMILES string of the molecule is Cc1cccc(N(c2ccc3c(ccc4ccccc43)c2)c2ccc3ccc4ccccc4c3c2)c1. The average molecular weight is 460 g/mol. The van der Waals surface area contributed by atoms with Crippen LogP contribution in [0.2, 0.25) is 0 Å². The molecule has 7 aromatic rings. The second kappa shape index (κ2) is 8.25. The maximum absolute atomic E-state index is 2.38. The first kappa shape index (κ1) is 20.7. The van der Waals surface area contributed by atoms with Gasteiger partial charge in [0.15, 0.2) is 0 Å². The standard InChI is InChI=1S/C35H25N/c1-24-7-6-10-29(21-24)36(30-19-20-34-28(22-30)16-15-25-8-2-4-11-32(25)34)31-18-17-27-14-13-26-9-3-5-12-33(26)35(27)23-31/h2-23H,1H3. The van der Waals surface area contributed by atoms with Gasteiger partial charge in [-0.15, -0.1) is 0 Å². The maximum atomic E-state index is 2.38. The Morgan fingerprint density at radius 2 is 0.889 bits per heavy atom. The van der Waals surface area contributed by atoms with Crippen molar-refractivity contribution in [3.8, 4) is 0 Å². The van der Waals surface area contributed by atoms with Crippen LogP contribution in [0.4, 0.5) is 17.1 Å². The second-order valence-corrected chi connectivity index (χ2v) is 9.56. The Bertz CT molecular complexity index is 1910. The summed E-state index contributed by atoms with van der Waals surface area (Å²) in [6.07, 6.45) is 0. The number of anilines is 3. The summed E-state index contributed by atoms with van der Waals surface area (Å²) in [6, 6.07) is 48.6. The van der Waals surface area contributed by atoms with E-state index < -0.39 is 0 Å². The monoisotopic (exact) mass is 459 g/mol. The molecule has 0 heterocycles. The molecule has 0 amide bonds. The van der Waals surface area contributed by atoms with Gasteiger partial charge in [0.25, 0.3) is 0 Å². The van der Waals surface area contributed by atoms with Crippen molar-refractivity contribution in [2.75, 3.05) is 4.90 Å². The summed E-state index contributed by atoms with van der Waals surface area (Å²) in [5.41, 5.74) is 4.72. The van der Waals surface area contributed by atoms with Crippen LogP contribution in [0.5, 0.6) is 0 Å². The zero-order chi connectivity index (χ0) is 24.1. The summed E-state index contributed by atoms with van der Waals surface area (Å²) in [7, 11) is 0. The first-order valence-corrected chi connectivity index (χ1v) is 12.4. The van der Waals surface area contributed by atoms with E-state index in [1.807, 2.05) is 0 Å². The fourth-order valence-corrected chi connectivity index (χ4v) is 5.48. The highest BCUT2D eigenvalue weighted by molar-refractivity contribution is 6.10. The van der Waals surface area contributed by atoms with Crippen molar-refractivity contribution in [2.24, 2.45) is 0 Å². The highest BCUT2D eigenvalue weighted by Crippen LogP contribution is 2.39. The minimum absolute atomic E-state index is 1.16. The Morgan fingerprint density at radius 1 is 0.361 bits per heavy atom. The number of benzene rings is 7.